The summed E-state index contributed by atoms with van der Waals surface area (Å²) < 4.78 is 1.33. The second-order valence-corrected chi connectivity index (χ2v) is 3.49. The van der Waals surface area contributed by atoms with Gasteiger partial charge in [0.2, 0.25) is 0 Å². The topological polar surface area (TPSA) is 34.9 Å². The third kappa shape index (κ3) is 2.25. The lowest BCUT2D eigenvalue weighted by Crippen LogP contribution is -2.11. The maximum atomic E-state index is 11.7. The molecule has 1 aromatic heterocycles. The van der Waals surface area contributed by atoms with Gasteiger partial charge in [0, 0.05) is 12.4 Å². The molecule has 0 aliphatic rings. The molecule has 0 atom stereocenters. The van der Waals surface area contributed by atoms with Gasteiger partial charge in [-0.15, -0.1) is 0 Å². The van der Waals surface area contributed by atoms with Crippen molar-refractivity contribution in [1.82, 2.24) is 9.78 Å². The van der Waals surface area contributed by atoms with E-state index in [0.29, 0.717) is 0 Å². The molecule has 0 fully saturated rings. The van der Waals surface area contributed by atoms with Gasteiger partial charge in [0.25, 0.3) is 5.91 Å². The van der Waals surface area contributed by atoms with Crippen LogP contribution in [0.15, 0.2) is 55.4 Å². The second-order valence-electron chi connectivity index (χ2n) is 3.49. The van der Waals surface area contributed by atoms with Gasteiger partial charge in [-0.1, -0.05) is 36.9 Å². The standard InChI is InChI=1S/C13H12N2O/c1-11(12-6-3-2-4-7-12)10-13(16)15-9-5-8-14-15/h2-9H,1,10H2. The van der Waals surface area contributed by atoms with Crippen LogP contribution in [0.25, 0.3) is 5.57 Å². The van der Waals surface area contributed by atoms with Gasteiger partial charge >= 0.3 is 0 Å². The monoisotopic (exact) mass is 212 g/mol. The number of allylic oxidation sites excluding steroid dienone is 1. The summed E-state index contributed by atoms with van der Waals surface area (Å²) >= 11 is 0. The number of carbonyl (C=O) groups is 1. The predicted molar refractivity (Wildman–Crippen MR) is 62.9 cm³/mol. The molecule has 3 nitrogen and oxygen atoms in total. The normalized spacial score (nSPS) is 10.0. The highest BCUT2D eigenvalue weighted by Crippen LogP contribution is 2.15. The lowest BCUT2D eigenvalue weighted by molar-refractivity contribution is 0.0904. The Morgan fingerprint density at radius 2 is 2.00 bits per heavy atom. The number of hydrogen-bond donors (Lipinski definition) is 0. The van der Waals surface area contributed by atoms with Crippen molar-refractivity contribution in [3.8, 4) is 0 Å². The molecule has 0 saturated heterocycles. The number of rotatable bonds is 3. The van der Waals surface area contributed by atoms with Crippen LogP contribution in [0.2, 0.25) is 0 Å². The maximum Gasteiger partial charge on any atom is 0.251 e. The van der Waals surface area contributed by atoms with E-state index in [0.717, 1.165) is 11.1 Å². The van der Waals surface area contributed by atoms with Crippen LogP contribution in [-0.2, 0) is 0 Å². The Kier molecular flexibility index (Phi) is 2.96. The first-order valence-electron chi connectivity index (χ1n) is 5.03. The molecule has 0 N–H and O–H groups in total. The van der Waals surface area contributed by atoms with E-state index in [1.165, 1.54) is 4.68 Å². The molecule has 1 heterocycles. The number of nitrogens with zero attached hydrogens (tertiary/aromatic N) is 2. The molecule has 2 rings (SSSR count). The van der Waals surface area contributed by atoms with E-state index >= 15 is 0 Å². The Morgan fingerprint density at radius 1 is 1.25 bits per heavy atom. The van der Waals surface area contributed by atoms with Crippen molar-refractivity contribution in [2.45, 2.75) is 6.42 Å². The van der Waals surface area contributed by atoms with E-state index in [1.54, 1.807) is 18.5 Å². The Balaban J connectivity index is 2.06. The molecule has 80 valence electrons. The number of aromatic nitrogens is 2. The molecule has 0 bridgehead atoms. The first kappa shape index (κ1) is 10.4. The zero-order chi connectivity index (χ0) is 11.4. The quantitative estimate of drug-likeness (QED) is 0.783. The van der Waals surface area contributed by atoms with Gasteiger partial charge in [-0.05, 0) is 17.2 Å². The van der Waals surface area contributed by atoms with E-state index in [2.05, 4.69) is 11.7 Å². The summed E-state index contributed by atoms with van der Waals surface area (Å²) in [4.78, 5) is 11.7. The fourth-order valence-corrected chi connectivity index (χ4v) is 1.46. The van der Waals surface area contributed by atoms with Gasteiger partial charge in [0.15, 0.2) is 0 Å². The minimum atomic E-state index is -0.0705. The third-order valence-corrected chi connectivity index (χ3v) is 2.31. The molecule has 1 aromatic carbocycles. The maximum absolute atomic E-state index is 11.7. The van der Waals surface area contributed by atoms with Crippen molar-refractivity contribution in [1.29, 1.82) is 0 Å². The molecule has 0 aliphatic heterocycles. The van der Waals surface area contributed by atoms with E-state index < -0.39 is 0 Å². The first-order chi connectivity index (χ1) is 7.77. The molecular formula is C13H12N2O. The van der Waals surface area contributed by atoms with Crippen molar-refractivity contribution < 1.29 is 4.79 Å². The minimum absolute atomic E-state index is 0.0705. The van der Waals surface area contributed by atoms with Crippen LogP contribution in [0.3, 0.4) is 0 Å². The molecule has 0 radical (unpaired) electrons. The van der Waals surface area contributed by atoms with Gasteiger partial charge in [-0.3, -0.25) is 4.79 Å². The average molecular weight is 212 g/mol. The summed E-state index contributed by atoms with van der Waals surface area (Å²) in [6, 6.07) is 11.4. The lowest BCUT2D eigenvalue weighted by atomic mass is 10.0. The van der Waals surface area contributed by atoms with Crippen LogP contribution in [0.5, 0.6) is 0 Å². The highest BCUT2D eigenvalue weighted by Gasteiger charge is 2.07. The lowest BCUT2D eigenvalue weighted by Gasteiger charge is -2.04. The van der Waals surface area contributed by atoms with Gasteiger partial charge in [0.05, 0.1) is 6.42 Å². The first-order valence-corrected chi connectivity index (χ1v) is 5.03. The average Bonchev–Trinajstić information content (AvgIpc) is 2.83. The Labute approximate surface area is 94.0 Å². The van der Waals surface area contributed by atoms with Crippen molar-refractivity contribution in [3.63, 3.8) is 0 Å². The number of hydrogen-bond acceptors (Lipinski definition) is 2. The van der Waals surface area contributed by atoms with Crippen LogP contribution >= 0.6 is 0 Å². The summed E-state index contributed by atoms with van der Waals surface area (Å²) in [6.45, 7) is 3.91. The van der Waals surface area contributed by atoms with Crippen molar-refractivity contribution in [3.05, 3.63) is 60.9 Å². The highest BCUT2D eigenvalue weighted by atomic mass is 16.2. The summed E-state index contributed by atoms with van der Waals surface area (Å²) in [5, 5.41) is 3.89. The van der Waals surface area contributed by atoms with Crippen molar-refractivity contribution in [2.24, 2.45) is 0 Å². The third-order valence-electron chi connectivity index (χ3n) is 2.31. The fraction of sp³-hybridized carbons (Fsp3) is 0.0769. The largest absolute Gasteiger partial charge is 0.272 e. The summed E-state index contributed by atoms with van der Waals surface area (Å²) in [6.07, 6.45) is 3.51. The van der Waals surface area contributed by atoms with E-state index in [4.69, 9.17) is 0 Å². The number of carbonyl (C=O) groups excluding carboxylic acids is 1. The fourth-order valence-electron chi connectivity index (χ4n) is 1.46. The number of benzene rings is 1. The molecule has 0 spiro atoms. The Bertz CT molecular complexity index is 486. The SMILES string of the molecule is C=C(CC(=O)n1cccn1)c1ccccc1. The minimum Gasteiger partial charge on any atom is -0.272 e. The van der Waals surface area contributed by atoms with Crippen LogP contribution in [-0.4, -0.2) is 15.7 Å². The molecule has 0 saturated carbocycles. The molecule has 0 unspecified atom stereocenters. The second kappa shape index (κ2) is 4.57. The molecule has 16 heavy (non-hydrogen) atoms. The molecule has 0 amide bonds. The molecular weight excluding hydrogens is 200 g/mol. The Hall–Kier alpha value is -2.16. The van der Waals surface area contributed by atoms with E-state index in [-0.39, 0.29) is 12.3 Å². The van der Waals surface area contributed by atoms with Gasteiger partial charge in [0.1, 0.15) is 0 Å². The zero-order valence-corrected chi connectivity index (χ0v) is 8.84. The zero-order valence-electron chi connectivity index (χ0n) is 8.84. The highest BCUT2D eigenvalue weighted by molar-refractivity contribution is 5.89. The molecule has 3 heteroatoms. The Morgan fingerprint density at radius 3 is 2.62 bits per heavy atom. The summed E-state index contributed by atoms with van der Waals surface area (Å²) in [7, 11) is 0. The van der Waals surface area contributed by atoms with E-state index in [1.807, 2.05) is 30.3 Å². The summed E-state index contributed by atoms with van der Waals surface area (Å²) in [5.74, 6) is -0.0705. The van der Waals surface area contributed by atoms with Crippen molar-refractivity contribution in [2.75, 3.05) is 0 Å². The van der Waals surface area contributed by atoms with E-state index in [9.17, 15) is 4.79 Å². The predicted octanol–water partition coefficient (Wildman–Crippen LogP) is 2.63. The smallest absolute Gasteiger partial charge is 0.251 e. The summed E-state index contributed by atoms with van der Waals surface area (Å²) in [5.41, 5.74) is 1.80. The van der Waals surface area contributed by atoms with Crippen LogP contribution in [0, 0.1) is 0 Å². The van der Waals surface area contributed by atoms with Gasteiger partial charge < -0.3 is 0 Å². The van der Waals surface area contributed by atoms with Gasteiger partial charge in [-0.2, -0.15) is 5.10 Å². The van der Waals surface area contributed by atoms with Crippen molar-refractivity contribution >= 4 is 11.5 Å². The molecule has 0 aliphatic carbocycles. The van der Waals surface area contributed by atoms with Crippen LogP contribution < -0.4 is 0 Å². The van der Waals surface area contributed by atoms with Gasteiger partial charge in [-0.25, -0.2) is 4.68 Å². The molecule has 2 aromatic rings. The van der Waals surface area contributed by atoms with Crippen LogP contribution in [0.4, 0.5) is 0 Å². The van der Waals surface area contributed by atoms with Crippen LogP contribution in [0.1, 0.15) is 16.8 Å².